The standard InChI is InChI=1S/C13H15F5N2O2/c1-7(5-6-21)19-12(22)20-11(13(16,17)18)10-8(14)3-2-4-9(10)15/h2-4,7,11,21H,5-6H2,1H3,(H2,19,20,22)/t7-,11+/m1/s1. The Labute approximate surface area is 123 Å². The van der Waals surface area contributed by atoms with E-state index in [0.29, 0.717) is 12.1 Å². The van der Waals surface area contributed by atoms with Gasteiger partial charge in [-0.25, -0.2) is 13.6 Å². The lowest BCUT2D eigenvalue weighted by Gasteiger charge is -2.24. The molecule has 0 unspecified atom stereocenters. The van der Waals surface area contributed by atoms with Gasteiger partial charge in [0.25, 0.3) is 0 Å². The molecule has 0 saturated heterocycles. The van der Waals surface area contributed by atoms with Crippen molar-refractivity contribution < 1.29 is 31.9 Å². The van der Waals surface area contributed by atoms with Crippen molar-refractivity contribution in [2.45, 2.75) is 31.6 Å². The highest BCUT2D eigenvalue weighted by Gasteiger charge is 2.44. The number of benzene rings is 1. The number of halogens is 5. The molecule has 1 aromatic carbocycles. The van der Waals surface area contributed by atoms with Crippen molar-refractivity contribution >= 4 is 6.03 Å². The number of hydrogen-bond donors (Lipinski definition) is 3. The molecule has 9 heteroatoms. The maximum atomic E-state index is 13.5. The van der Waals surface area contributed by atoms with Gasteiger partial charge in [0.2, 0.25) is 0 Å². The number of carbonyl (C=O) groups is 1. The fraction of sp³-hybridized carbons (Fsp3) is 0.462. The highest BCUT2D eigenvalue weighted by atomic mass is 19.4. The van der Waals surface area contributed by atoms with E-state index in [4.69, 9.17) is 5.11 Å². The number of carbonyl (C=O) groups excluding carboxylic acids is 1. The second-order valence-electron chi connectivity index (χ2n) is 4.64. The molecule has 0 saturated carbocycles. The summed E-state index contributed by atoms with van der Waals surface area (Å²) >= 11 is 0. The zero-order valence-corrected chi connectivity index (χ0v) is 11.5. The lowest BCUT2D eigenvalue weighted by molar-refractivity contribution is -0.156. The predicted molar refractivity (Wildman–Crippen MR) is 68.0 cm³/mol. The first-order valence-corrected chi connectivity index (χ1v) is 6.35. The molecular weight excluding hydrogens is 311 g/mol. The van der Waals surface area contributed by atoms with Crippen LogP contribution in [0.1, 0.15) is 24.9 Å². The van der Waals surface area contributed by atoms with Gasteiger partial charge < -0.3 is 15.7 Å². The van der Waals surface area contributed by atoms with Crippen molar-refractivity contribution in [3.8, 4) is 0 Å². The minimum absolute atomic E-state index is 0.123. The first kappa shape index (κ1) is 18.1. The van der Waals surface area contributed by atoms with Gasteiger partial charge in [0.15, 0.2) is 6.04 Å². The average Bonchev–Trinajstić information content (AvgIpc) is 2.36. The third kappa shape index (κ3) is 4.83. The smallest absolute Gasteiger partial charge is 0.396 e. The fourth-order valence-corrected chi connectivity index (χ4v) is 1.77. The third-order valence-corrected chi connectivity index (χ3v) is 2.83. The summed E-state index contributed by atoms with van der Waals surface area (Å²) in [7, 11) is 0. The molecule has 2 amide bonds. The van der Waals surface area contributed by atoms with Gasteiger partial charge >= 0.3 is 12.2 Å². The first-order chi connectivity index (χ1) is 10.2. The summed E-state index contributed by atoms with van der Waals surface area (Å²) in [5, 5.41) is 12.3. The monoisotopic (exact) mass is 326 g/mol. The summed E-state index contributed by atoms with van der Waals surface area (Å²) in [6.07, 6.45) is -4.96. The van der Waals surface area contributed by atoms with Gasteiger partial charge in [-0.2, -0.15) is 13.2 Å². The van der Waals surface area contributed by atoms with Gasteiger partial charge in [-0.15, -0.1) is 0 Å². The SMILES string of the molecule is C[C@H](CCO)NC(=O)N[C@@H](c1c(F)cccc1F)C(F)(F)F. The van der Waals surface area contributed by atoms with Crippen LogP contribution in [0.3, 0.4) is 0 Å². The summed E-state index contributed by atoms with van der Waals surface area (Å²) in [6, 6.07) is -2.41. The second-order valence-corrected chi connectivity index (χ2v) is 4.64. The number of nitrogens with one attached hydrogen (secondary N) is 2. The summed E-state index contributed by atoms with van der Waals surface area (Å²) in [4.78, 5) is 11.5. The molecule has 2 atom stereocenters. The summed E-state index contributed by atoms with van der Waals surface area (Å²) < 4.78 is 66.0. The van der Waals surface area contributed by atoms with Crippen molar-refractivity contribution in [2.75, 3.05) is 6.61 Å². The van der Waals surface area contributed by atoms with Crippen molar-refractivity contribution in [1.29, 1.82) is 0 Å². The number of aliphatic hydroxyl groups is 1. The fourth-order valence-electron chi connectivity index (χ4n) is 1.77. The van der Waals surface area contributed by atoms with E-state index in [0.717, 1.165) is 6.07 Å². The molecule has 0 radical (unpaired) electrons. The van der Waals surface area contributed by atoms with E-state index in [1.807, 2.05) is 0 Å². The average molecular weight is 326 g/mol. The molecule has 0 aliphatic heterocycles. The van der Waals surface area contributed by atoms with Crippen LogP contribution in [0.2, 0.25) is 0 Å². The Hall–Kier alpha value is -1.90. The zero-order valence-electron chi connectivity index (χ0n) is 11.5. The molecule has 4 nitrogen and oxygen atoms in total. The van der Waals surface area contributed by atoms with Gasteiger partial charge in [-0.1, -0.05) is 6.07 Å². The number of alkyl halides is 3. The number of rotatable bonds is 5. The van der Waals surface area contributed by atoms with E-state index >= 15 is 0 Å². The molecule has 0 aliphatic rings. The van der Waals surface area contributed by atoms with Gasteiger partial charge in [-0.05, 0) is 25.5 Å². The van der Waals surface area contributed by atoms with Gasteiger partial charge in [-0.3, -0.25) is 0 Å². The van der Waals surface area contributed by atoms with Crippen molar-refractivity contribution in [1.82, 2.24) is 10.6 Å². The van der Waals surface area contributed by atoms with E-state index in [-0.39, 0.29) is 13.0 Å². The van der Waals surface area contributed by atoms with E-state index in [1.54, 1.807) is 0 Å². The Balaban J connectivity index is 2.99. The Bertz CT molecular complexity index is 501. The molecule has 3 N–H and O–H groups in total. The number of urea groups is 1. The Morgan fingerprint density at radius 2 is 1.77 bits per heavy atom. The van der Waals surface area contributed by atoms with Crippen LogP contribution in [0.25, 0.3) is 0 Å². The van der Waals surface area contributed by atoms with E-state index in [2.05, 4.69) is 5.32 Å². The maximum absolute atomic E-state index is 13.5. The topological polar surface area (TPSA) is 61.4 Å². The maximum Gasteiger partial charge on any atom is 0.413 e. The van der Waals surface area contributed by atoms with Crippen molar-refractivity contribution in [3.05, 3.63) is 35.4 Å². The lowest BCUT2D eigenvalue weighted by Crippen LogP contribution is -2.47. The molecule has 1 aromatic rings. The van der Waals surface area contributed by atoms with E-state index in [9.17, 15) is 26.7 Å². The molecule has 0 aromatic heterocycles. The minimum atomic E-state index is -5.08. The molecule has 0 aliphatic carbocycles. The van der Waals surface area contributed by atoms with Crippen molar-refractivity contribution in [2.24, 2.45) is 0 Å². The zero-order chi connectivity index (χ0) is 16.9. The van der Waals surface area contributed by atoms with Gasteiger partial charge in [0, 0.05) is 12.6 Å². The van der Waals surface area contributed by atoms with Crippen LogP contribution in [0.4, 0.5) is 26.7 Å². The van der Waals surface area contributed by atoms with E-state index in [1.165, 1.54) is 12.2 Å². The molecule has 22 heavy (non-hydrogen) atoms. The molecule has 0 heterocycles. The van der Waals surface area contributed by atoms with Crippen LogP contribution in [0.5, 0.6) is 0 Å². The van der Waals surface area contributed by atoms with Crippen LogP contribution < -0.4 is 10.6 Å². The van der Waals surface area contributed by atoms with Crippen LogP contribution in [0, 0.1) is 11.6 Å². The van der Waals surface area contributed by atoms with Crippen molar-refractivity contribution in [3.63, 3.8) is 0 Å². The molecule has 0 fully saturated rings. The van der Waals surface area contributed by atoms with E-state index < -0.39 is 41.5 Å². The summed E-state index contributed by atoms with van der Waals surface area (Å²) in [5.41, 5.74) is -1.28. The highest BCUT2D eigenvalue weighted by molar-refractivity contribution is 5.74. The molecular formula is C13H15F5N2O2. The Morgan fingerprint density at radius 1 is 1.23 bits per heavy atom. The van der Waals surface area contributed by atoms with Crippen LogP contribution in [-0.4, -0.2) is 30.0 Å². The van der Waals surface area contributed by atoms with Gasteiger partial charge in [0.1, 0.15) is 11.6 Å². The third-order valence-electron chi connectivity index (χ3n) is 2.83. The summed E-state index contributed by atoms with van der Waals surface area (Å²) in [5.74, 6) is -2.82. The van der Waals surface area contributed by atoms with Crippen LogP contribution >= 0.6 is 0 Å². The first-order valence-electron chi connectivity index (χ1n) is 6.35. The van der Waals surface area contributed by atoms with Crippen LogP contribution in [0.15, 0.2) is 18.2 Å². The Morgan fingerprint density at radius 3 is 2.23 bits per heavy atom. The second kappa shape index (κ2) is 7.39. The molecule has 1 rings (SSSR count). The Kier molecular flexibility index (Phi) is 6.10. The predicted octanol–water partition coefficient (Wildman–Crippen LogP) is 2.64. The van der Waals surface area contributed by atoms with Gasteiger partial charge in [0.05, 0.1) is 5.56 Å². The molecule has 0 spiro atoms. The molecule has 124 valence electrons. The quantitative estimate of drug-likeness (QED) is 0.729. The number of hydrogen-bond acceptors (Lipinski definition) is 2. The minimum Gasteiger partial charge on any atom is -0.396 e. The largest absolute Gasteiger partial charge is 0.413 e. The lowest BCUT2D eigenvalue weighted by atomic mass is 10.1. The van der Waals surface area contributed by atoms with Crippen LogP contribution in [-0.2, 0) is 0 Å². The number of amides is 2. The molecule has 0 bridgehead atoms. The highest BCUT2D eigenvalue weighted by Crippen LogP contribution is 2.35. The number of aliphatic hydroxyl groups excluding tert-OH is 1. The normalized spacial score (nSPS) is 14.3. The summed E-state index contributed by atoms with van der Waals surface area (Å²) in [6.45, 7) is 1.19.